The first-order valence-corrected chi connectivity index (χ1v) is 2.19. The minimum Gasteiger partial charge on any atom is -0.822 e. The van der Waals surface area contributed by atoms with Crippen molar-refractivity contribution < 1.29 is 43.8 Å². The van der Waals surface area contributed by atoms with Gasteiger partial charge >= 0.3 is 24.6 Å². The van der Waals surface area contributed by atoms with Crippen LogP contribution >= 0.6 is 7.82 Å². The average Bonchev–Trinajstić information content (AvgIpc) is 0.722. The smallest absolute Gasteiger partial charge is 0.822 e. The van der Waals surface area contributed by atoms with E-state index < -0.39 is 7.82 Å². The molecule has 0 radical (unpaired) electrons. The van der Waals surface area contributed by atoms with Crippen LogP contribution in [-0.2, 0) is 26.3 Å². The van der Waals surface area contributed by atoms with Crippen LogP contribution in [0.2, 0.25) is 0 Å². The zero-order chi connectivity index (χ0) is 4.50. The molecule has 4 nitrogen and oxygen atoms in total. The van der Waals surface area contributed by atoms with Crippen molar-refractivity contribution in [3.8, 4) is 0 Å². The van der Waals surface area contributed by atoms with Crippen molar-refractivity contribution in [3.05, 3.63) is 0 Å². The van der Waals surface area contributed by atoms with E-state index in [4.69, 9.17) is 19.2 Å². The van der Waals surface area contributed by atoms with Crippen LogP contribution in [0.1, 0.15) is 2.85 Å². The molecule has 32 valence electrons. The van der Waals surface area contributed by atoms with E-state index in [9.17, 15) is 0 Å². The second kappa shape index (κ2) is 2.91. The third-order valence-electron chi connectivity index (χ3n) is 0. The zero-order valence-corrected chi connectivity index (χ0v) is 5.04. The van der Waals surface area contributed by atoms with Gasteiger partial charge in [-0.25, -0.2) is 0 Å². The van der Waals surface area contributed by atoms with Crippen molar-refractivity contribution in [2.45, 2.75) is 0 Å². The van der Waals surface area contributed by atoms with E-state index in [0.717, 1.165) is 0 Å². The van der Waals surface area contributed by atoms with Crippen LogP contribution in [0.25, 0.3) is 0 Å². The summed E-state index contributed by atoms with van der Waals surface area (Å²) >= 11 is 0. The normalized spacial score (nSPS) is 9.83. The Labute approximate surface area is 52.3 Å². The Morgan fingerprint density at radius 1 is 1.33 bits per heavy atom. The molecule has 0 amide bonds. The van der Waals surface area contributed by atoms with Crippen molar-refractivity contribution in [1.29, 1.82) is 0 Å². The summed E-state index contributed by atoms with van der Waals surface area (Å²) in [7, 11) is -5.39. The Morgan fingerprint density at radius 3 is 1.33 bits per heavy atom. The molecule has 0 aliphatic carbocycles. The standard InChI is InChI=1S/H3O4P.Ti/c1-5(2,3)4;/h(H3,1,2,3,4);/q;+4/p-1. The molecule has 0 aromatic rings. The Balaban J connectivity index is -0.0000000267. The quantitative estimate of drug-likeness (QED) is 0.276. The largest absolute Gasteiger partial charge is 4.00 e. The summed E-state index contributed by atoms with van der Waals surface area (Å²) in [5, 5.41) is 0. The van der Waals surface area contributed by atoms with Crippen molar-refractivity contribution >= 4 is 7.82 Å². The first kappa shape index (κ1) is 9.95. The number of hydrogen-bond donors (Lipinski definition) is 0. The van der Waals surface area contributed by atoms with Crippen LogP contribution in [-0.4, -0.2) is 0 Å². The summed E-state index contributed by atoms with van der Waals surface area (Å²) < 4.78 is 8.55. The van der Waals surface area contributed by atoms with Crippen LogP contribution in [0.5, 0.6) is 0 Å². The van der Waals surface area contributed by atoms with Gasteiger partial charge in [0.05, 0.1) is 0 Å². The van der Waals surface area contributed by atoms with E-state index >= 15 is 0 Å². The number of hydrogen-bond acceptors (Lipinski definition) is 4. The second-order valence-corrected chi connectivity index (χ2v) is 1.34. The first-order valence-electron chi connectivity index (χ1n) is 0.730. The van der Waals surface area contributed by atoms with Gasteiger partial charge in [-0.2, -0.15) is 7.82 Å². The van der Waals surface area contributed by atoms with Gasteiger partial charge in [-0.1, -0.05) is 0 Å². The molecule has 0 spiro atoms. The molecule has 0 aliphatic heterocycles. The van der Waals surface area contributed by atoms with E-state index in [1.807, 2.05) is 0 Å². The van der Waals surface area contributed by atoms with Gasteiger partial charge in [0.2, 0.25) is 0 Å². The maximum Gasteiger partial charge on any atom is 4.00 e. The van der Waals surface area contributed by atoms with E-state index in [0.29, 0.717) is 0 Å². The summed E-state index contributed by atoms with van der Waals surface area (Å²) in [6.45, 7) is 0. The zero-order valence-electron chi connectivity index (χ0n) is 4.58. The molecule has 0 heterocycles. The molecule has 6 heteroatoms. The van der Waals surface area contributed by atoms with Gasteiger partial charge in [0.25, 0.3) is 0 Å². The molecule has 0 aromatic carbocycles. The van der Waals surface area contributed by atoms with Gasteiger partial charge in [-0.3, -0.25) is 0 Å². The van der Waals surface area contributed by atoms with E-state index in [1.54, 1.807) is 0 Å². The van der Waals surface area contributed by atoms with Gasteiger partial charge in [0, 0.05) is 0 Å². The SMILES string of the molecule is O=P([O-])([O-])[O-].[H+].[H+].[Ti+4]. The predicted molar refractivity (Wildman–Crippen MR) is 9.83 cm³/mol. The van der Waals surface area contributed by atoms with Gasteiger partial charge in [0.15, 0.2) is 0 Å². The van der Waals surface area contributed by atoms with Gasteiger partial charge in [0.1, 0.15) is 0 Å². The van der Waals surface area contributed by atoms with E-state index in [-0.39, 0.29) is 24.6 Å². The van der Waals surface area contributed by atoms with Crippen molar-refractivity contribution in [3.63, 3.8) is 0 Å². The van der Waals surface area contributed by atoms with Gasteiger partial charge in [-0.05, 0) is 0 Å². The monoisotopic (exact) mass is 145 g/mol. The van der Waals surface area contributed by atoms with Crippen LogP contribution in [0.3, 0.4) is 0 Å². The summed E-state index contributed by atoms with van der Waals surface area (Å²) in [5.41, 5.74) is 0. The fourth-order valence-electron chi connectivity index (χ4n) is 0. The predicted octanol–water partition coefficient (Wildman–Crippen LogP) is -2.60. The molecular formula is H2O4PTi+3. The molecule has 0 N–H and O–H groups in total. The van der Waals surface area contributed by atoms with Crippen LogP contribution in [0.4, 0.5) is 0 Å². The summed E-state index contributed by atoms with van der Waals surface area (Å²) in [4.78, 5) is 25.6. The average molecular weight is 145 g/mol. The molecule has 0 aromatic heterocycles. The summed E-state index contributed by atoms with van der Waals surface area (Å²) in [6.07, 6.45) is 0. The third kappa shape index (κ3) is 104. The molecule has 0 atom stereocenters. The Bertz CT molecular complexity index is 60.2. The molecule has 0 saturated carbocycles. The van der Waals surface area contributed by atoms with Crippen molar-refractivity contribution in [2.24, 2.45) is 0 Å². The summed E-state index contributed by atoms with van der Waals surface area (Å²) in [5.74, 6) is 0. The Hall–Kier alpha value is 0.824. The second-order valence-electron chi connectivity index (χ2n) is 0.447. The molecule has 0 bridgehead atoms. The number of phosphoric acid groups is 1. The fraction of sp³-hybridized carbons (Fsp3) is 0. The molecule has 0 aliphatic rings. The van der Waals surface area contributed by atoms with E-state index in [2.05, 4.69) is 0 Å². The summed E-state index contributed by atoms with van der Waals surface area (Å²) in [6, 6.07) is 0. The fourth-order valence-corrected chi connectivity index (χ4v) is 0. The maximum absolute atomic E-state index is 8.55. The Kier molecular flexibility index (Phi) is 4.83. The van der Waals surface area contributed by atoms with E-state index in [1.165, 1.54) is 0 Å². The molecule has 0 fully saturated rings. The molecule has 0 unspecified atom stereocenters. The topological polar surface area (TPSA) is 86.2 Å². The van der Waals surface area contributed by atoms with Crippen LogP contribution < -0.4 is 14.7 Å². The Morgan fingerprint density at radius 2 is 1.33 bits per heavy atom. The maximum atomic E-state index is 8.55. The minimum atomic E-state index is -5.39. The van der Waals surface area contributed by atoms with Crippen LogP contribution in [0.15, 0.2) is 0 Å². The molecule has 0 saturated heterocycles. The molecular weight excluding hydrogens is 143 g/mol. The van der Waals surface area contributed by atoms with Crippen LogP contribution in [0, 0.1) is 0 Å². The first-order chi connectivity index (χ1) is 2.00. The molecule has 0 rings (SSSR count). The minimum absolute atomic E-state index is 0. The van der Waals surface area contributed by atoms with Crippen molar-refractivity contribution in [2.75, 3.05) is 0 Å². The third-order valence-corrected chi connectivity index (χ3v) is 0. The van der Waals surface area contributed by atoms with Gasteiger partial charge in [-0.15, -0.1) is 0 Å². The van der Waals surface area contributed by atoms with Gasteiger partial charge < -0.3 is 19.2 Å². The van der Waals surface area contributed by atoms with Crippen molar-refractivity contribution in [1.82, 2.24) is 0 Å². The molecule has 6 heavy (non-hydrogen) atoms. The number of rotatable bonds is 0.